The second kappa shape index (κ2) is 6.78. The van der Waals surface area contributed by atoms with Gasteiger partial charge in [0.05, 0.1) is 5.25 Å². The zero-order valence-electron chi connectivity index (χ0n) is 11.5. The number of ether oxygens (including phenoxy) is 1. The van der Waals surface area contributed by atoms with Gasteiger partial charge >= 0.3 is 0 Å². The molecule has 6 heteroatoms. The molecule has 0 bridgehead atoms. The minimum absolute atomic E-state index is 0.0545. The van der Waals surface area contributed by atoms with E-state index in [1.165, 1.54) is 6.26 Å². The Morgan fingerprint density at radius 3 is 2.65 bits per heavy atom. The fourth-order valence-corrected chi connectivity index (χ4v) is 4.17. The number of hydrogen-bond acceptors (Lipinski definition) is 4. The number of nitrogens with one attached hydrogen (secondary N) is 1. The van der Waals surface area contributed by atoms with E-state index in [-0.39, 0.29) is 11.3 Å². The molecular formula is C14H20ClNO3S. The molecule has 0 heterocycles. The Morgan fingerprint density at radius 1 is 1.30 bits per heavy atom. The van der Waals surface area contributed by atoms with Gasteiger partial charge in [-0.2, -0.15) is 0 Å². The minimum atomic E-state index is -2.96. The summed E-state index contributed by atoms with van der Waals surface area (Å²) in [7, 11) is -2.96. The van der Waals surface area contributed by atoms with E-state index >= 15 is 0 Å². The molecule has 1 aliphatic carbocycles. The van der Waals surface area contributed by atoms with Gasteiger partial charge in [-0.25, -0.2) is 8.42 Å². The average Bonchev–Trinajstić information content (AvgIpc) is 2.85. The molecule has 1 N–H and O–H groups in total. The van der Waals surface area contributed by atoms with Crippen LogP contribution >= 0.6 is 11.6 Å². The summed E-state index contributed by atoms with van der Waals surface area (Å²) >= 11 is 5.79. The molecule has 0 aliphatic heterocycles. The number of halogens is 1. The summed E-state index contributed by atoms with van der Waals surface area (Å²) in [6.07, 6.45) is 3.96. The maximum Gasteiger partial charge on any atom is 0.151 e. The number of rotatable bonds is 6. The van der Waals surface area contributed by atoms with Crippen LogP contribution in [0.1, 0.15) is 19.3 Å². The van der Waals surface area contributed by atoms with Crippen molar-refractivity contribution in [2.24, 2.45) is 0 Å². The highest BCUT2D eigenvalue weighted by molar-refractivity contribution is 7.91. The molecule has 1 aromatic carbocycles. The predicted molar refractivity (Wildman–Crippen MR) is 81.2 cm³/mol. The molecule has 2 atom stereocenters. The summed E-state index contributed by atoms with van der Waals surface area (Å²) < 4.78 is 28.9. The van der Waals surface area contributed by atoms with Gasteiger partial charge in [0.2, 0.25) is 0 Å². The van der Waals surface area contributed by atoms with Crippen LogP contribution in [0.15, 0.2) is 24.3 Å². The van der Waals surface area contributed by atoms with Gasteiger partial charge in [0, 0.05) is 23.9 Å². The summed E-state index contributed by atoms with van der Waals surface area (Å²) in [5, 5.41) is 3.72. The summed E-state index contributed by atoms with van der Waals surface area (Å²) in [5.41, 5.74) is 0. The van der Waals surface area contributed by atoms with Crippen molar-refractivity contribution in [3.63, 3.8) is 0 Å². The molecule has 1 aromatic rings. The zero-order valence-corrected chi connectivity index (χ0v) is 13.1. The minimum Gasteiger partial charge on any atom is -0.492 e. The van der Waals surface area contributed by atoms with Crippen molar-refractivity contribution < 1.29 is 13.2 Å². The Morgan fingerprint density at radius 2 is 2.00 bits per heavy atom. The summed E-state index contributed by atoms with van der Waals surface area (Å²) in [6.45, 7) is 1.15. The third kappa shape index (κ3) is 4.36. The lowest BCUT2D eigenvalue weighted by molar-refractivity contribution is 0.305. The first-order valence-corrected chi connectivity index (χ1v) is 9.11. The van der Waals surface area contributed by atoms with Gasteiger partial charge in [0.25, 0.3) is 0 Å². The molecule has 0 saturated heterocycles. The van der Waals surface area contributed by atoms with E-state index in [1.54, 1.807) is 12.1 Å². The third-order valence-electron chi connectivity index (χ3n) is 3.59. The summed E-state index contributed by atoms with van der Waals surface area (Å²) in [4.78, 5) is 0. The van der Waals surface area contributed by atoms with Crippen molar-refractivity contribution in [3.8, 4) is 5.75 Å². The second-order valence-corrected chi connectivity index (χ2v) is 7.86. The molecule has 4 nitrogen and oxygen atoms in total. The first kappa shape index (κ1) is 15.6. The summed E-state index contributed by atoms with van der Waals surface area (Å²) in [5.74, 6) is 0.766. The molecule has 0 unspecified atom stereocenters. The molecular weight excluding hydrogens is 298 g/mol. The Bertz CT molecular complexity index is 530. The number of sulfone groups is 1. The Labute approximate surface area is 125 Å². The largest absolute Gasteiger partial charge is 0.492 e. The topological polar surface area (TPSA) is 55.4 Å². The fraction of sp³-hybridized carbons (Fsp3) is 0.571. The van der Waals surface area contributed by atoms with E-state index in [1.807, 2.05) is 12.1 Å². The average molecular weight is 318 g/mol. The Balaban J connectivity index is 1.74. The van der Waals surface area contributed by atoms with Crippen LogP contribution < -0.4 is 10.1 Å². The molecule has 0 spiro atoms. The highest BCUT2D eigenvalue weighted by Gasteiger charge is 2.34. The van der Waals surface area contributed by atoms with Crippen molar-refractivity contribution in [2.75, 3.05) is 19.4 Å². The van der Waals surface area contributed by atoms with Crippen LogP contribution in [0, 0.1) is 0 Å². The molecule has 0 amide bonds. The smallest absolute Gasteiger partial charge is 0.151 e. The molecule has 112 valence electrons. The monoisotopic (exact) mass is 317 g/mol. The van der Waals surface area contributed by atoms with Gasteiger partial charge < -0.3 is 10.1 Å². The van der Waals surface area contributed by atoms with Crippen LogP contribution in [0.25, 0.3) is 0 Å². The van der Waals surface area contributed by atoms with Crippen molar-refractivity contribution in [1.82, 2.24) is 5.32 Å². The van der Waals surface area contributed by atoms with Crippen molar-refractivity contribution >= 4 is 21.4 Å². The normalized spacial score (nSPS) is 22.9. The lowest BCUT2D eigenvalue weighted by atomic mass is 10.2. The standard InChI is InChI=1S/C14H20ClNO3S/c1-20(17,18)14-4-2-3-13(14)16-9-10-19-12-7-5-11(15)6-8-12/h5-8,13-14,16H,2-4,9-10H2,1H3/t13-,14+/m0/s1. The van der Waals surface area contributed by atoms with Gasteiger partial charge in [-0.05, 0) is 37.1 Å². The van der Waals surface area contributed by atoms with Crippen LogP contribution in [0.2, 0.25) is 5.02 Å². The molecule has 1 saturated carbocycles. The van der Waals surface area contributed by atoms with Gasteiger partial charge in [-0.15, -0.1) is 0 Å². The number of benzene rings is 1. The van der Waals surface area contributed by atoms with E-state index in [4.69, 9.17) is 16.3 Å². The SMILES string of the molecule is CS(=O)(=O)[C@@H]1CCC[C@@H]1NCCOc1ccc(Cl)cc1. The molecule has 0 aromatic heterocycles. The molecule has 0 radical (unpaired) electrons. The summed E-state index contributed by atoms with van der Waals surface area (Å²) in [6, 6.07) is 7.25. The van der Waals surface area contributed by atoms with Crippen molar-refractivity contribution in [1.29, 1.82) is 0 Å². The number of hydrogen-bond donors (Lipinski definition) is 1. The highest BCUT2D eigenvalue weighted by atomic mass is 35.5. The van der Waals surface area contributed by atoms with E-state index < -0.39 is 9.84 Å². The van der Waals surface area contributed by atoms with Gasteiger partial charge in [-0.3, -0.25) is 0 Å². The maximum atomic E-state index is 11.6. The van der Waals surface area contributed by atoms with Crippen LogP contribution in [-0.2, 0) is 9.84 Å². The first-order valence-electron chi connectivity index (χ1n) is 6.77. The van der Waals surface area contributed by atoms with Crippen LogP contribution in [-0.4, -0.2) is 39.1 Å². The Kier molecular flexibility index (Phi) is 5.29. The predicted octanol–water partition coefficient (Wildman–Crippen LogP) is 2.27. The third-order valence-corrected chi connectivity index (χ3v) is 5.51. The van der Waals surface area contributed by atoms with E-state index in [2.05, 4.69) is 5.32 Å². The van der Waals surface area contributed by atoms with Crippen LogP contribution in [0.4, 0.5) is 0 Å². The Hall–Kier alpha value is -0.780. The van der Waals surface area contributed by atoms with E-state index in [0.717, 1.165) is 25.0 Å². The van der Waals surface area contributed by atoms with E-state index in [0.29, 0.717) is 18.2 Å². The van der Waals surface area contributed by atoms with Crippen LogP contribution in [0.3, 0.4) is 0 Å². The van der Waals surface area contributed by atoms with Gasteiger partial charge in [0.15, 0.2) is 9.84 Å². The molecule has 20 heavy (non-hydrogen) atoms. The second-order valence-electron chi connectivity index (χ2n) is 5.16. The maximum absolute atomic E-state index is 11.6. The molecule has 2 rings (SSSR count). The zero-order chi connectivity index (χ0) is 14.6. The quantitative estimate of drug-likeness (QED) is 0.818. The first-order chi connectivity index (χ1) is 9.47. The van der Waals surface area contributed by atoms with Gasteiger partial charge in [0.1, 0.15) is 12.4 Å². The highest BCUT2D eigenvalue weighted by Crippen LogP contribution is 2.24. The van der Waals surface area contributed by atoms with Gasteiger partial charge in [-0.1, -0.05) is 18.0 Å². The lowest BCUT2D eigenvalue weighted by Gasteiger charge is -2.19. The van der Waals surface area contributed by atoms with Crippen molar-refractivity contribution in [3.05, 3.63) is 29.3 Å². The van der Waals surface area contributed by atoms with Crippen LogP contribution in [0.5, 0.6) is 5.75 Å². The van der Waals surface area contributed by atoms with Crippen molar-refractivity contribution in [2.45, 2.75) is 30.6 Å². The van der Waals surface area contributed by atoms with E-state index in [9.17, 15) is 8.42 Å². The fourth-order valence-electron chi connectivity index (χ4n) is 2.62. The lowest BCUT2D eigenvalue weighted by Crippen LogP contribution is -2.41. The molecule has 1 fully saturated rings. The molecule has 1 aliphatic rings.